The summed E-state index contributed by atoms with van der Waals surface area (Å²) >= 11 is 0. The van der Waals surface area contributed by atoms with Crippen molar-refractivity contribution in [3.8, 4) is 0 Å². The van der Waals surface area contributed by atoms with Crippen molar-refractivity contribution in [3.63, 3.8) is 0 Å². The minimum absolute atomic E-state index is 0. The van der Waals surface area contributed by atoms with Crippen LogP contribution in [0.25, 0.3) is 0 Å². The lowest BCUT2D eigenvalue weighted by molar-refractivity contribution is -0.122. The molecule has 1 amide bonds. The minimum atomic E-state index is 0. The van der Waals surface area contributed by atoms with E-state index in [1.54, 1.807) is 6.08 Å². The predicted octanol–water partition coefficient (Wildman–Crippen LogP) is 0.394. The highest BCUT2D eigenvalue weighted by Crippen LogP contribution is 2.08. The zero-order valence-corrected chi connectivity index (χ0v) is 10.7. The second-order valence-corrected chi connectivity index (χ2v) is 3.99. The van der Waals surface area contributed by atoms with Crippen LogP contribution in [0, 0.1) is 0 Å². The molecular weight excluding hydrogens is 226 g/mol. The molecule has 0 spiro atoms. The van der Waals surface area contributed by atoms with E-state index in [0.29, 0.717) is 19.1 Å². The van der Waals surface area contributed by atoms with Crippen LogP contribution in [0.1, 0.15) is 12.8 Å². The summed E-state index contributed by atoms with van der Waals surface area (Å²) in [4.78, 5) is 13.6. The number of likely N-dealkylation sites (N-methyl/N-ethyl adjacent to an activating group) is 1. The fraction of sp³-hybridized carbons (Fsp3) is 0.727. The van der Waals surface area contributed by atoms with E-state index in [1.165, 1.54) is 0 Å². The molecule has 1 rings (SSSR count). The molecule has 0 aliphatic carbocycles. The quantitative estimate of drug-likeness (QED) is 0.691. The van der Waals surface area contributed by atoms with Gasteiger partial charge in [0.05, 0.1) is 6.54 Å². The van der Waals surface area contributed by atoms with Crippen LogP contribution in [-0.2, 0) is 4.79 Å². The maximum Gasteiger partial charge on any atom is 0.234 e. The number of rotatable bonds is 5. The monoisotopic (exact) mass is 247 g/mol. The van der Waals surface area contributed by atoms with Gasteiger partial charge in [0.15, 0.2) is 0 Å². The average molecular weight is 248 g/mol. The van der Waals surface area contributed by atoms with Crippen molar-refractivity contribution >= 4 is 18.3 Å². The van der Waals surface area contributed by atoms with E-state index in [1.807, 2.05) is 7.05 Å². The third-order valence-corrected chi connectivity index (χ3v) is 2.77. The molecule has 1 saturated heterocycles. The van der Waals surface area contributed by atoms with E-state index >= 15 is 0 Å². The largest absolute Gasteiger partial charge is 0.352 e. The molecular formula is C11H22ClN3O. The van der Waals surface area contributed by atoms with Crippen LogP contribution in [0.3, 0.4) is 0 Å². The van der Waals surface area contributed by atoms with Crippen LogP contribution in [-0.4, -0.2) is 50.1 Å². The van der Waals surface area contributed by atoms with E-state index in [-0.39, 0.29) is 18.3 Å². The molecule has 0 unspecified atom stereocenters. The average Bonchev–Trinajstić information content (AvgIpc) is 2.27. The first-order valence-electron chi connectivity index (χ1n) is 5.52. The van der Waals surface area contributed by atoms with Crippen molar-refractivity contribution < 1.29 is 4.79 Å². The summed E-state index contributed by atoms with van der Waals surface area (Å²) < 4.78 is 0. The lowest BCUT2D eigenvalue weighted by atomic mass is 10.1. The van der Waals surface area contributed by atoms with Gasteiger partial charge >= 0.3 is 0 Å². The Labute approximate surface area is 104 Å². The molecule has 16 heavy (non-hydrogen) atoms. The summed E-state index contributed by atoms with van der Waals surface area (Å²) in [5.41, 5.74) is 0. The van der Waals surface area contributed by atoms with Crippen LogP contribution < -0.4 is 10.6 Å². The molecule has 4 nitrogen and oxygen atoms in total. The maximum atomic E-state index is 11.4. The molecule has 5 heteroatoms. The van der Waals surface area contributed by atoms with Gasteiger partial charge in [-0.25, -0.2) is 0 Å². The molecule has 94 valence electrons. The number of carbonyl (C=O) groups excluding carboxylic acids is 1. The fourth-order valence-corrected chi connectivity index (χ4v) is 1.84. The van der Waals surface area contributed by atoms with E-state index in [4.69, 9.17) is 0 Å². The lowest BCUT2D eigenvalue weighted by Gasteiger charge is -2.31. The minimum Gasteiger partial charge on any atom is -0.352 e. The highest BCUT2D eigenvalue weighted by molar-refractivity contribution is 5.85. The number of nitrogens with zero attached hydrogens (tertiary/aromatic N) is 1. The summed E-state index contributed by atoms with van der Waals surface area (Å²) in [6.45, 7) is 6.72. The van der Waals surface area contributed by atoms with Crippen molar-refractivity contribution in [2.75, 3.05) is 33.2 Å². The first kappa shape index (κ1) is 15.4. The number of amides is 1. The van der Waals surface area contributed by atoms with Gasteiger partial charge in [0.2, 0.25) is 5.91 Å². The molecule has 0 atom stereocenters. The number of carbonyl (C=O) groups is 1. The summed E-state index contributed by atoms with van der Waals surface area (Å²) in [7, 11) is 2.02. The predicted molar refractivity (Wildman–Crippen MR) is 69.0 cm³/mol. The van der Waals surface area contributed by atoms with E-state index in [2.05, 4.69) is 22.1 Å². The first-order valence-corrected chi connectivity index (χ1v) is 5.52. The van der Waals surface area contributed by atoms with Crippen LogP contribution in [0.2, 0.25) is 0 Å². The van der Waals surface area contributed by atoms with E-state index in [0.717, 1.165) is 25.9 Å². The van der Waals surface area contributed by atoms with Crippen LogP contribution >= 0.6 is 12.4 Å². The second-order valence-electron chi connectivity index (χ2n) is 3.99. The third-order valence-electron chi connectivity index (χ3n) is 2.77. The zero-order chi connectivity index (χ0) is 11.1. The Hall–Kier alpha value is -0.580. The summed E-state index contributed by atoms with van der Waals surface area (Å²) in [5, 5.41) is 6.10. The van der Waals surface area contributed by atoms with Gasteiger partial charge in [-0.3, -0.25) is 9.69 Å². The molecule has 1 fully saturated rings. The van der Waals surface area contributed by atoms with Crippen molar-refractivity contribution in [2.24, 2.45) is 0 Å². The number of hydrogen-bond donors (Lipinski definition) is 2. The van der Waals surface area contributed by atoms with Gasteiger partial charge in [-0.05, 0) is 33.0 Å². The zero-order valence-electron chi connectivity index (χ0n) is 9.87. The Morgan fingerprint density at radius 3 is 2.75 bits per heavy atom. The maximum absolute atomic E-state index is 11.4. The van der Waals surface area contributed by atoms with Crippen LogP contribution in [0.15, 0.2) is 12.7 Å². The molecule has 0 bridgehead atoms. The van der Waals surface area contributed by atoms with Gasteiger partial charge in [-0.2, -0.15) is 0 Å². The molecule has 0 aromatic carbocycles. The number of piperidine rings is 1. The fourth-order valence-electron chi connectivity index (χ4n) is 1.84. The Balaban J connectivity index is 0.00000225. The molecule has 1 aliphatic rings. The van der Waals surface area contributed by atoms with Crippen LogP contribution in [0.4, 0.5) is 0 Å². The molecule has 0 aromatic heterocycles. The Kier molecular flexibility index (Phi) is 8.25. The van der Waals surface area contributed by atoms with Gasteiger partial charge in [0.1, 0.15) is 0 Å². The smallest absolute Gasteiger partial charge is 0.234 e. The Morgan fingerprint density at radius 2 is 2.19 bits per heavy atom. The molecule has 1 aliphatic heterocycles. The van der Waals surface area contributed by atoms with Gasteiger partial charge < -0.3 is 10.6 Å². The van der Waals surface area contributed by atoms with Crippen molar-refractivity contribution in [1.82, 2.24) is 15.5 Å². The Morgan fingerprint density at radius 1 is 1.56 bits per heavy atom. The normalized spacial score (nSPS) is 16.6. The van der Waals surface area contributed by atoms with Crippen LogP contribution in [0.5, 0.6) is 0 Å². The summed E-state index contributed by atoms with van der Waals surface area (Å²) in [6, 6.07) is 0.542. The topological polar surface area (TPSA) is 44.4 Å². The Bertz CT molecular complexity index is 217. The van der Waals surface area contributed by atoms with Gasteiger partial charge in [0, 0.05) is 12.6 Å². The molecule has 1 heterocycles. The first-order chi connectivity index (χ1) is 7.24. The van der Waals surface area contributed by atoms with Crippen molar-refractivity contribution in [1.29, 1.82) is 0 Å². The van der Waals surface area contributed by atoms with Gasteiger partial charge in [0.25, 0.3) is 0 Å². The van der Waals surface area contributed by atoms with E-state index < -0.39 is 0 Å². The summed E-state index contributed by atoms with van der Waals surface area (Å²) in [6.07, 6.45) is 3.96. The molecule has 0 radical (unpaired) electrons. The summed E-state index contributed by atoms with van der Waals surface area (Å²) in [5.74, 6) is 0.0796. The number of halogens is 1. The SMILES string of the molecule is C=CCNC(=O)CN(C)C1CCNCC1.Cl. The van der Waals surface area contributed by atoms with Crippen molar-refractivity contribution in [2.45, 2.75) is 18.9 Å². The standard InChI is InChI=1S/C11H21N3O.ClH/c1-3-6-13-11(15)9-14(2)10-4-7-12-8-5-10;/h3,10,12H,1,4-9H2,2H3,(H,13,15);1H. The number of hydrogen-bond acceptors (Lipinski definition) is 3. The lowest BCUT2D eigenvalue weighted by Crippen LogP contribution is -2.45. The molecule has 0 saturated carbocycles. The second kappa shape index (κ2) is 8.56. The van der Waals surface area contributed by atoms with Gasteiger partial charge in [-0.15, -0.1) is 19.0 Å². The highest BCUT2D eigenvalue weighted by Gasteiger charge is 2.19. The highest BCUT2D eigenvalue weighted by atomic mass is 35.5. The molecule has 0 aromatic rings. The van der Waals surface area contributed by atoms with E-state index in [9.17, 15) is 4.79 Å². The molecule has 2 N–H and O–H groups in total. The third kappa shape index (κ3) is 5.49. The van der Waals surface area contributed by atoms with Gasteiger partial charge in [-0.1, -0.05) is 6.08 Å². The van der Waals surface area contributed by atoms with Crippen molar-refractivity contribution in [3.05, 3.63) is 12.7 Å². The number of nitrogens with one attached hydrogen (secondary N) is 2.